The van der Waals surface area contributed by atoms with Crippen molar-refractivity contribution in [3.8, 4) is 0 Å². The average molecular weight is 343 g/mol. The van der Waals surface area contributed by atoms with Gasteiger partial charge >= 0.3 is 0 Å². The standard InChI is InChI=1S/C16H24ClFN4O/c1-11-10-22(7-8-23-11)14(9-20-16(19)21(2)3)15-12(17)5-4-6-13(15)18/h4-6,11,14H,7-10H2,1-3H3,(H2,19,20)/t11-,14-/m1/s1. The topological polar surface area (TPSA) is 54.1 Å². The maximum absolute atomic E-state index is 14.4. The van der Waals surface area contributed by atoms with Crippen LogP contribution in [0.15, 0.2) is 23.2 Å². The van der Waals surface area contributed by atoms with E-state index in [1.165, 1.54) is 6.07 Å². The molecule has 0 unspecified atom stereocenters. The Morgan fingerprint density at radius 3 is 2.91 bits per heavy atom. The van der Waals surface area contributed by atoms with E-state index in [-0.39, 0.29) is 18.0 Å². The lowest BCUT2D eigenvalue weighted by molar-refractivity contribution is -0.0336. The first kappa shape index (κ1) is 18.0. The van der Waals surface area contributed by atoms with Crippen molar-refractivity contribution < 1.29 is 9.13 Å². The molecule has 0 radical (unpaired) electrons. The van der Waals surface area contributed by atoms with Crippen LogP contribution in [-0.2, 0) is 4.74 Å². The number of rotatable bonds is 4. The van der Waals surface area contributed by atoms with Crippen LogP contribution in [0.1, 0.15) is 18.5 Å². The summed E-state index contributed by atoms with van der Waals surface area (Å²) in [5, 5.41) is 0.410. The fraction of sp³-hybridized carbons (Fsp3) is 0.562. The first-order valence-corrected chi connectivity index (χ1v) is 8.04. The molecular formula is C16H24ClFN4O. The van der Waals surface area contributed by atoms with Crippen molar-refractivity contribution in [1.29, 1.82) is 0 Å². The van der Waals surface area contributed by atoms with Gasteiger partial charge in [0.2, 0.25) is 0 Å². The Bertz CT molecular complexity index is 547. The summed E-state index contributed by atoms with van der Waals surface area (Å²) in [6.07, 6.45) is 0.0898. The molecule has 1 heterocycles. The van der Waals surface area contributed by atoms with E-state index in [2.05, 4.69) is 9.89 Å². The van der Waals surface area contributed by atoms with Crippen molar-refractivity contribution in [2.24, 2.45) is 10.7 Å². The molecule has 5 nitrogen and oxygen atoms in total. The molecule has 0 aromatic heterocycles. The zero-order chi connectivity index (χ0) is 17.0. The molecule has 1 aromatic rings. The van der Waals surface area contributed by atoms with Crippen LogP contribution in [0.2, 0.25) is 5.02 Å². The number of nitrogens with two attached hydrogens (primary N) is 1. The van der Waals surface area contributed by atoms with E-state index in [0.717, 1.165) is 0 Å². The molecule has 0 spiro atoms. The van der Waals surface area contributed by atoms with Gasteiger partial charge in [-0.25, -0.2) is 4.39 Å². The van der Waals surface area contributed by atoms with E-state index in [4.69, 9.17) is 22.1 Å². The molecule has 1 saturated heterocycles. The second-order valence-corrected chi connectivity index (χ2v) is 6.33. The van der Waals surface area contributed by atoms with Crippen molar-refractivity contribution in [3.63, 3.8) is 0 Å². The van der Waals surface area contributed by atoms with E-state index in [9.17, 15) is 4.39 Å². The monoisotopic (exact) mass is 342 g/mol. The lowest BCUT2D eigenvalue weighted by atomic mass is 10.0. The van der Waals surface area contributed by atoms with Gasteiger partial charge in [0.1, 0.15) is 5.82 Å². The third-order valence-electron chi connectivity index (χ3n) is 3.93. The minimum Gasteiger partial charge on any atom is -0.376 e. The van der Waals surface area contributed by atoms with Crippen LogP contribution >= 0.6 is 11.6 Å². The maximum Gasteiger partial charge on any atom is 0.190 e. The quantitative estimate of drug-likeness (QED) is 0.672. The summed E-state index contributed by atoms with van der Waals surface area (Å²) in [7, 11) is 3.64. The molecular weight excluding hydrogens is 319 g/mol. The van der Waals surface area contributed by atoms with Gasteiger partial charge in [-0.05, 0) is 19.1 Å². The van der Waals surface area contributed by atoms with E-state index in [1.807, 2.05) is 21.0 Å². The van der Waals surface area contributed by atoms with Crippen LogP contribution in [0.5, 0.6) is 0 Å². The molecule has 2 atom stereocenters. The molecule has 7 heteroatoms. The van der Waals surface area contributed by atoms with Crippen LogP contribution in [-0.4, -0.2) is 62.2 Å². The van der Waals surface area contributed by atoms with Crippen molar-refractivity contribution >= 4 is 17.6 Å². The molecule has 2 N–H and O–H groups in total. The summed E-state index contributed by atoms with van der Waals surface area (Å²) in [5.41, 5.74) is 6.35. The number of hydrogen-bond acceptors (Lipinski definition) is 3. The third-order valence-corrected chi connectivity index (χ3v) is 4.26. The molecule has 128 valence electrons. The predicted octanol–water partition coefficient (Wildman–Crippen LogP) is 2.12. The normalized spacial score (nSPS) is 21.3. The van der Waals surface area contributed by atoms with Gasteiger partial charge in [-0.2, -0.15) is 0 Å². The minimum absolute atomic E-state index is 0.0898. The molecule has 1 aliphatic rings. The first-order chi connectivity index (χ1) is 10.9. The largest absolute Gasteiger partial charge is 0.376 e. The smallest absolute Gasteiger partial charge is 0.190 e. The maximum atomic E-state index is 14.4. The molecule has 1 fully saturated rings. The van der Waals surface area contributed by atoms with E-state index < -0.39 is 0 Å². The van der Waals surface area contributed by atoms with Crippen molar-refractivity contribution in [1.82, 2.24) is 9.80 Å². The summed E-state index contributed by atoms with van der Waals surface area (Å²) in [5.74, 6) is 0.0871. The number of ether oxygens (including phenoxy) is 1. The summed E-state index contributed by atoms with van der Waals surface area (Å²) in [4.78, 5) is 8.28. The van der Waals surface area contributed by atoms with Gasteiger partial charge in [0, 0.05) is 37.8 Å². The van der Waals surface area contributed by atoms with Crippen molar-refractivity contribution in [2.75, 3.05) is 40.3 Å². The van der Waals surface area contributed by atoms with Crippen LogP contribution in [0, 0.1) is 5.82 Å². The minimum atomic E-state index is -0.319. The number of guanidine groups is 1. The van der Waals surface area contributed by atoms with Crippen LogP contribution < -0.4 is 5.73 Å². The van der Waals surface area contributed by atoms with Gasteiger partial charge in [-0.1, -0.05) is 17.7 Å². The molecule has 1 aliphatic heterocycles. The summed E-state index contributed by atoms with van der Waals surface area (Å²) >= 11 is 6.27. The zero-order valence-corrected chi connectivity index (χ0v) is 14.6. The Kier molecular flexibility index (Phi) is 6.21. The molecule has 1 aromatic carbocycles. The fourth-order valence-electron chi connectivity index (χ4n) is 2.67. The van der Waals surface area contributed by atoms with Gasteiger partial charge in [0.15, 0.2) is 5.96 Å². The number of aliphatic imine (C=N–C) groups is 1. The second-order valence-electron chi connectivity index (χ2n) is 5.92. The van der Waals surface area contributed by atoms with Crippen molar-refractivity contribution in [2.45, 2.75) is 19.1 Å². The van der Waals surface area contributed by atoms with Crippen LogP contribution in [0.25, 0.3) is 0 Å². The third kappa shape index (κ3) is 4.56. The Labute approximate surface area is 141 Å². The Hall–Kier alpha value is -1.37. The highest BCUT2D eigenvalue weighted by atomic mass is 35.5. The molecule has 0 amide bonds. The fourth-order valence-corrected chi connectivity index (χ4v) is 2.96. The second kappa shape index (κ2) is 7.95. The molecule has 23 heavy (non-hydrogen) atoms. The summed E-state index contributed by atoms with van der Waals surface area (Å²) in [6.45, 7) is 4.36. The predicted molar refractivity (Wildman–Crippen MR) is 91.3 cm³/mol. The number of nitrogens with zero attached hydrogens (tertiary/aromatic N) is 3. The summed E-state index contributed by atoms with van der Waals surface area (Å²) in [6, 6.07) is 4.47. The lowest BCUT2D eigenvalue weighted by Gasteiger charge is -2.37. The van der Waals surface area contributed by atoms with Crippen molar-refractivity contribution in [3.05, 3.63) is 34.6 Å². The van der Waals surface area contributed by atoms with E-state index in [0.29, 0.717) is 42.8 Å². The highest BCUT2D eigenvalue weighted by molar-refractivity contribution is 6.31. The lowest BCUT2D eigenvalue weighted by Crippen LogP contribution is -2.44. The number of halogens is 2. The number of morpholine rings is 1. The van der Waals surface area contributed by atoms with Crippen LogP contribution in [0.3, 0.4) is 0 Å². The highest BCUT2D eigenvalue weighted by Gasteiger charge is 2.29. The highest BCUT2D eigenvalue weighted by Crippen LogP contribution is 2.31. The molecule has 2 rings (SSSR count). The number of benzene rings is 1. The molecule has 0 saturated carbocycles. The molecule has 0 aliphatic carbocycles. The zero-order valence-electron chi connectivity index (χ0n) is 13.8. The van der Waals surface area contributed by atoms with Gasteiger partial charge in [0.25, 0.3) is 0 Å². The first-order valence-electron chi connectivity index (χ1n) is 7.67. The Morgan fingerprint density at radius 1 is 1.57 bits per heavy atom. The summed E-state index contributed by atoms with van der Waals surface area (Å²) < 4.78 is 20.0. The average Bonchev–Trinajstić information content (AvgIpc) is 2.49. The number of hydrogen-bond donors (Lipinski definition) is 1. The van der Waals surface area contributed by atoms with E-state index >= 15 is 0 Å². The van der Waals surface area contributed by atoms with Gasteiger partial charge in [-0.15, -0.1) is 0 Å². The Morgan fingerprint density at radius 2 is 2.30 bits per heavy atom. The van der Waals surface area contributed by atoms with E-state index in [1.54, 1.807) is 17.0 Å². The van der Waals surface area contributed by atoms with Gasteiger partial charge in [0.05, 0.1) is 25.3 Å². The SMILES string of the molecule is C[C@@H]1CN([C@H](CN=C(N)N(C)C)c2c(F)cccc2Cl)CCO1. The van der Waals surface area contributed by atoms with Gasteiger partial charge < -0.3 is 15.4 Å². The molecule has 0 bridgehead atoms. The van der Waals surface area contributed by atoms with Crippen LogP contribution in [0.4, 0.5) is 4.39 Å². The Balaban J connectivity index is 2.33. The van der Waals surface area contributed by atoms with Gasteiger partial charge in [-0.3, -0.25) is 9.89 Å².